The molecule has 2 heterocycles. The average Bonchev–Trinajstić information content (AvgIpc) is 2.73. The molecule has 0 bridgehead atoms. The number of hydrogen-bond donors (Lipinski definition) is 1. The first kappa shape index (κ1) is 15.8. The lowest BCUT2D eigenvalue weighted by Gasteiger charge is -2.33. The van der Waals surface area contributed by atoms with Crippen LogP contribution in [0.1, 0.15) is 10.4 Å². The third kappa shape index (κ3) is 2.92. The summed E-state index contributed by atoms with van der Waals surface area (Å²) in [6, 6.07) is 16.1. The number of benzene rings is 2. The largest absolute Gasteiger partial charge is 0.491 e. The molecule has 0 saturated carbocycles. The number of hydrogen-bond acceptors (Lipinski definition) is 3. The van der Waals surface area contributed by atoms with Gasteiger partial charge in [-0.25, -0.2) is 0 Å². The molecule has 1 amide bonds. The van der Waals surface area contributed by atoms with Crippen LogP contribution >= 0.6 is 12.4 Å². The Morgan fingerprint density at radius 3 is 2.74 bits per heavy atom. The highest BCUT2D eigenvalue weighted by Gasteiger charge is 2.32. The van der Waals surface area contributed by atoms with Gasteiger partial charge in [0.2, 0.25) is 0 Å². The first-order valence-corrected chi connectivity index (χ1v) is 7.67. The van der Waals surface area contributed by atoms with Gasteiger partial charge in [0.25, 0.3) is 5.91 Å². The van der Waals surface area contributed by atoms with Crippen LogP contribution in [-0.2, 0) is 0 Å². The zero-order chi connectivity index (χ0) is 14.9. The molecular weight excluding hydrogens is 312 g/mol. The zero-order valence-corrected chi connectivity index (χ0v) is 13.5. The van der Waals surface area contributed by atoms with E-state index in [0.717, 1.165) is 30.8 Å². The van der Waals surface area contributed by atoms with Crippen molar-refractivity contribution in [2.24, 2.45) is 0 Å². The number of carbonyl (C=O) groups is 1. The minimum absolute atomic E-state index is 0. The summed E-state index contributed by atoms with van der Waals surface area (Å²) in [4.78, 5) is 14.8. The number of nitrogens with one attached hydrogen (secondary N) is 1. The van der Waals surface area contributed by atoms with Crippen LogP contribution in [0.3, 0.4) is 0 Å². The summed E-state index contributed by atoms with van der Waals surface area (Å²) in [7, 11) is 0. The zero-order valence-electron chi connectivity index (χ0n) is 12.7. The molecule has 1 N–H and O–H groups in total. The van der Waals surface area contributed by atoms with E-state index in [1.165, 1.54) is 0 Å². The average molecular weight is 331 g/mol. The van der Waals surface area contributed by atoms with Gasteiger partial charge in [-0.05, 0) is 23.3 Å². The predicted molar refractivity (Wildman–Crippen MR) is 92.3 cm³/mol. The summed E-state index contributed by atoms with van der Waals surface area (Å²) in [5.74, 6) is 0.774. The topological polar surface area (TPSA) is 41.6 Å². The molecule has 1 fully saturated rings. The van der Waals surface area contributed by atoms with Crippen LogP contribution in [0.2, 0.25) is 0 Å². The fraction of sp³-hybridized carbons (Fsp3) is 0.278. The smallest absolute Gasteiger partial charge is 0.258 e. The second-order valence-electron chi connectivity index (χ2n) is 5.74. The lowest BCUT2D eigenvalue weighted by Crippen LogP contribution is -2.54. The van der Waals surface area contributed by atoms with Crippen LogP contribution in [0.25, 0.3) is 11.1 Å². The summed E-state index contributed by atoms with van der Waals surface area (Å²) in [6.07, 6.45) is 0. The molecule has 1 atom stereocenters. The monoisotopic (exact) mass is 330 g/mol. The SMILES string of the molecule is Cl.O=C1c2cc(-c3ccccc3)ccc2OCC2CNCCN12. The molecule has 2 aromatic rings. The number of rotatable bonds is 1. The summed E-state index contributed by atoms with van der Waals surface area (Å²) >= 11 is 0. The molecule has 1 saturated heterocycles. The molecule has 0 radical (unpaired) electrons. The third-order valence-electron chi connectivity index (χ3n) is 4.36. The van der Waals surface area contributed by atoms with Gasteiger partial charge in [-0.3, -0.25) is 4.79 Å². The van der Waals surface area contributed by atoms with E-state index in [0.29, 0.717) is 17.9 Å². The number of halogens is 1. The van der Waals surface area contributed by atoms with Crippen LogP contribution in [0.15, 0.2) is 48.5 Å². The van der Waals surface area contributed by atoms with Crippen molar-refractivity contribution >= 4 is 18.3 Å². The van der Waals surface area contributed by atoms with Gasteiger partial charge in [0, 0.05) is 19.6 Å². The van der Waals surface area contributed by atoms with E-state index in [4.69, 9.17) is 4.74 Å². The molecule has 1 unspecified atom stereocenters. The van der Waals surface area contributed by atoms with Crippen molar-refractivity contribution in [1.29, 1.82) is 0 Å². The van der Waals surface area contributed by atoms with Gasteiger partial charge < -0.3 is 15.0 Å². The number of amides is 1. The Hall–Kier alpha value is -2.04. The number of carbonyl (C=O) groups excluding carboxylic acids is 1. The van der Waals surface area contributed by atoms with Gasteiger partial charge in [-0.15, -0.1) is 12.4 Å². The van der Waals surface area contributed by atoms with Gasteiger partial charge >= 0.3 is 0 Å². The van der Waals surface area contributed by atoms with E-state index in [-0.39, 0.29) is 24.4 Å². The molecule has 4 nitrogen and oxygen atoms in total. The molecule has 0 aliphatic carbocycles. The van der Waals surface area contributed by atoms with E-state index >= 15 is 0 Å². The standard InChI is InChI=1S/C18H18N2O2.ClH/c21-18-16-10-14(13-4-2-1-3-5-13)6-7-17(16)22-12-15-11-19-8-9-20(15)18;/h1-7,10,15,19H,8-9,11-12H2;1H. The Balaban J connectivity index is 0.00000156. The van der Waals surface area contributed by atoms with Crippen molar-refractivity contribution in [2.75, 3.05) is 26.2 Å². The van der Waals surface area contributed by atoms with E-state index in [1.807, 2.05) is 41.3 Å². The molecule has 2 aliphatic rings. The highest BCUT2D eigenvalue weighted by atomic mass is 35.5. The predicted octanol–water partition coefficient (Wildman–Crippen LogP) is 2.58. The number of fused-ring (bicyclic) bond motifs is 2. The molecule has 0 aromatic heterocycles. The van der Waals surface area contributed by atoms with Crippen LogP contribution in [0.5, 0.6) is 5.75 Å². The maximum atomic E-state index is 12.9. The van der Waals surface area contributed by atoms with E-state index in [2.05, 4.69) is 17.4 Å². The second-order valence-corrected chi connectivity index (χ2v) is 5.74. The minimum Gasteiger partial charge on any atom is -0.491 e. The Labute approximate surface area is 141 Å². The molecular formula is C18H19ClN2O2. The molecule has 0 spiro atoms. The summed E-state index contributed by atoms with van der Waals surface area (Å²) in [5.41, 5.74) is 2.83. The molecule has 4 rings (SSSR count). The maximum Gasteiger partial charge on any atom is 0.258 e. The summed E-state index contributed by atoms with van der Waals surface area (Å²) in [6.45, 7) is 2.93. The Bertz CT molecular complexity index is 705. The van der Waals surface area contributed by atoms with Crippen LogP contribution in [-0.4, -0.2) is 43.1 Å². The van der Waals surface area contributed by atoms with Crippen molar-refractivity contribution in [3.05, 3.63) is 54.1 Å². The van der Waals surface area contributed by atoms with Crippen molar-refractivity contribution < 1.29 is 9.53 Å². The quantitative estimate of drug-likeness (QED) is 0.874. The molecule has 23 heavy (non-hydrogen) atoms. The second kappa shape index (κ2) is 6.60. The van der Waals surface area contributed by atoms with E-state index in [1.54, 1.807) is 0 Å². The van der Waals surface area contributed by atoms with Gasteiger partial charge in [0.05, 0.1) is 11.6 Å². The van der Waals surface area contributed by atoms with Crippen molar-refractivity contribution in [1.82, 2.24) is 10.2 Å². The van der Waals surface area contributed by atoms with Crippen LogP contribution < -0.4 is 10.1 Å². The Kier molecular flexibility index (Phi) is 4.55. The lowest BCUT2D eigenvalue weighted by atomic mass is 10.0. The third-order valence-corrected chi connectivity index (χ3v) is 4.36. The first-order chi connectivity index (χ1) is 10.8. The summed E-state index contributed by atoms with van der Waals surface area (Å²) in [5, 5.41) is 3.32. The summed E-state index contributed by atoms with van der Waals surface area (Å²) < 4.78 is 5.88. The van der Waals surface area contributed by atoms with Gasteiger partial charge in [-0.2, -0.15) is 0 Å². The fourth-order valence-electron chi connectivity index (χ4n) is 3.15. The van der Waals surface area contributed by atoms with Gasteiger partial charge in [0.1, 0.15) is 12.4 Å². The molecule has 2 aromatic carbocycles. The normalized spacial score (nSPS) is 19.7. The Morgan fingerprint density at radius 2 is 1.91 bits per heavy atom. The fourth-order valence-corrected chi connectivity index (χ4v) is 3.15. The molecule has 2 aliphatic heterocycles. The van der Waals surface area contributed by atoms with Crippen molar-refractivity contribution in [2.45, 2.75) is 6.04 Å². The van der Waals surface area contributed by atoms with Crippen LogP contribution in [0.4, 0.5) is 0 Å². The van der Waals surface area contributed by atoms with Crippen molar-refractivity contribution in [3.63, 3.8) is 0 Å². The van der Waals surface area contributed by atoms with E-state index < -0.39 is 0 Å². The van der Waals surface area contributed by atoms with Gasteiger partial charge in [0.15, 0.2) is 0 Å². The highest BCUT2D eigenvalue weighted by Crippen LogP contribution is 2.30. The van der Waals surface area contributed by atoms with Gasteiger partial charge in [-0.1, -0.05) is 36.4 Å². The number of ether oxygens (including phenoxy) is 1. The number of piperazine rings is 1. The van der Waals surface area contributed by atoms with Crippen molar-refractivity contribution in [3.8, 4) is 16.9 Å². The molecule has 120 valence electrons. The van der Waals surface area contributed by atoms with E-state index in [9.17, 15) is 4.79 Å². The Morgan fingerprint density at radius 1 is 1.09 bits per heavy atom. The molecule has 5 heteroatoms. The lowest BCUT2D eigenvalue weighted by molar-refractivity contribution is 0.0606. The number of nitrogens with zero attached hydrogens (tertiary/aromatic N) is 1. The minimum atomic E-state index is 0. The highest BCUT2D eigenvalue weighted by molar-refractivity contribution is 5.99. The van der Waals surface area contributed by atoms with Crippen LogP contribution in [0, 0.1) is 0 Å². The first-order valence-electron chi connectivity index (χ1n) is 7.67. The maximum absolute atomic E-state index is 12.9.